The Morgan fingerprint density at radius 3 is 2.28 bits per heavy atom. The number of rotatable bonds is 10. The van der Waals surface area contributed by atoms with Crippen LogP contribution in [-0.2, 0) is 4.79 Å². The molecule has 3 aromatic carbocycles. The Bertz CT molecular complexity index is 1240. The number of nitrogens with one attached hydrogen (secondary N) is 2. The van der Waals surface area contributed by atoms with Crippen molar-refractivity contribution in [1.29, 1.82) is 0 Å². The minimum Gasteiger partial charge on any atom is -0.497 e. The van der Waals surface area contributed by atoms with Crippen molar-refractivity contribution in [2.24, 2.45) is 5.10 Å². The van der Waals surface area contributed by atoms with Gasteiger partial charge in [-0.15, -0.1) is 0 Å². The molecule has 0 radical (unpaired) electrons. The molecule has 2 N–H and O–H groups in total. The van der Waals surface area contributed by atoms with Gasteiger partial charge in [0.2, 0.25) is 0 Å². The largest absolute Gasteiger partial charge is 0.497 e. The second-order valence-corrected chi connectivity index (χ2v) is 8.15. The van der Waals surface area contributed by atoms with Crippen molar-refractivity contribution in [3.05, 3.63) is 87.9 Å². The molecule has 0 saturated heterocycles. The summed E-state index contributed by atoms with van der Waals surface area (Å²) in [4.78, 5) is 36.8. The van der Waals surface area contributed by atoms with E-state index in [1.54, 1.807) is 66.7 Å². The highest BCUT2D eigenvalue weighted by Gasteiger charge is 2.12. The third-order valence-corrected chi connectivity index (χ3v) is 5.22. The number of hydrogen-bond acceptors (Lipinski definition) is 7. The number of amides is 2. The molecule has 36 heavy (non-hydrogen) atoms. The molecular formula is C26H24BrN3O6. The van der Waals surface area contributed by atoms with Gasteiger partial charge in [0.1, 0.15) is 17.2 Å². The van der Waals surface area contributed by atoms with Crippen molar-refractivity contribution in [3.8, 4) is 17.2 Å². The first-order valence-corrected chi connectivity index (χ1v) is 11.7. The second kappa shape index (κ2) is 13.1. The monoisotopic (exact) mass is 553 g/mol. The van der Waals surface area contributed by atoms with Crippen molar-refractivity contribution in [2.45, 2.75) is 6.92 Å². The first kappa shape index (κ1) is 26.4. The Morgan fingerprint density at radius 2 is 1.61 bits per heavy atom. The topological polar surface area (TPSA) is 115 Å². The summed E-state index contributed by atoms with van der Waals surface area (Å²) in [5, 5.41) is 6.42. The van der Waals surface area contributed by atoms with Crippen LogP contribution in [0.25, 0.3) is 0 Å². The molecule has 0 unspecified atom stereocenters. The summed E-state index contributed by atoms with van der Waals surface area (Å²) >= 11 is 3.36. The fraction of sp³-hybridized carbons (Fsp3) is 0.154. The van der Waals surface area contributed by atoms with E-state index in [-0.39, 0.29) is 12.3 Å². The number of halogens is 1. The number of benzene rings is 3. The summed E-state index contributed by atoms with van der Waals surface area (Å²) < 4.78 is 16.7. The highest BCUT2D eigenvalue weighted by atomic mass is 79.9. The first-order valence-electron chi connectivity index (χ1n) is 10.9. The van der Waals surface area contributed by atoms with Crippen LogP contribution in [0, 0.1) is 0 Å². The molecule has 0 aliphatic rings. The van der Waals surface area contributed by atoms with Crippen LogP contribution >= 0.6 is 15.9 Å². The minimum absolute atomic E-state index is 0.253. The van der Waals surface area contributed by atoms with Crippen molar-refractivity contribution < 1.29 is 28.6 Å². The van der Waals surface area contributed by atoms with Gasteiger partial charge in [0.25, 0.3) is 11.8 Å². The lowest BCUT2D eigenvalue weighted by atomic mass is 10.2. The van der Waals surface area contributed by atoms with Crippen LogP contribution < -0.4 is 25.0 Å². The maximum atomic E-state index is 12.6. The lowest BCUT2D eigenvalue weighted by Crippen LogP contribution is -2.34. The van der Waals surface area contributed by atoms with E-state index >= 15 is 0 Å². The molecule has 0 atom stereocenters. The van der Waals surface area contributed by atoms with Gasteiger partial charge in [-0.2, -0.15) is 5.10 Å². The number of hydrogen-bond donors (Lipinski definition) is 2. The van der Waals surface area contributed by atoms with Crippen LogP contribution in [0.1, 0.15) is 33.2 Å². The van der Waals surface area contributed by atoms with Crippen LogP contribution in [0.5, 0.6) is 17.2 Å². The van der Waals surface area contributed by atoms with E-state index in [1.165, 1.54) is 13.3 Å². The van der Waals surface area contributed by atoms with Crippen LogP contribution in [-0.4, -0.2) is 44.3 Å². The third kappa shape index (κ3) is 7.67. The predicted octanol–water partition coefficient (Wildman–Crippen LogP) is 3.96. The van der Waals surface area contributed by atoms with Crippen molar-refractivity contribution in [1.82, 2.24) is 10.7 Å². The number of nitrogens with zero attached hydrogens (tertiary/aromatic N) is 1. The SMILES string of the molecule is CCOc1ccc(C(=O)Oc2ccc(Br)cc2/C=N/NC(=O)CNC(=O)c2ccc(OC)cc2)cc1. The van der Waals surface area contributed by atoms with Gasteiger partial charge in [-0.05, 0) is 73.7 Å². The Morgan fingerprint density at radius 1 is 0.944 bits per heavy atom. The zero-order valence-corrected chi connectivity index (χ0v) is 21.2. The van der Waals surface area contributed by atoms with Gasteiger partial charge in [-0.1, -0.05) is 15.9 Å². The van der Waals surface area contributed by atoms with Gasteiger partial charge in [0.05, 0.1) is 32.0 Å². The van der Waals surface area contributed by atoms with Crippen molar-refractivity contribution >= 4 is 39.9 Å². The summed E-state index contributed by atoms with van der Waals surface area (Å²) in [6, 6.07) is 18.1. The molecular weight excluding hydrogens is 530 g/mol. The highest BCUT2D eigenvalue weighted by molar-refractivity contribution is 9.10. The van der Waals surface area contributed by atoms with Crippen LogP contribution in [0.4, 0.5) is 0 Å². The lowest BCUT2D eigenvalue weighted by molar-refractivity contribution is -0.120. The highest BCUT2D eigenvalue weighted by Crippen LogP contribution is 2.23. The molecule has 3 rings (SSSR count). The predicted molar refractivity (Wildman–Crippen MR) is 138 cm³/mol. The zero-order valence-electron chi connectivity index (χ0n) is 19.6. The summed E-state index contributed by atoms with van der Waals surface area (Å²) in [5.41, 5.74) is 3.52. The number of carbonyl (C=O) groups is 3. The van der Waals surface area contributed by atoms with Gasteiger partial charge in [-0.3, -0.25) is 9.59 Å². The van der Waals surface area contributed by atoms with Gasteiger partial charge >= 0.3 is 5.97 Å². The molecule has 0 aromatic heterocycles. The fourth-order valence-electron chi connectivity index (χ4n) is 2.94. The molecule has 0 aliphatic carbocycles. The standard InChI is InChI=1S/C26H24BrN3O6/c1-3-35-22-11-6-18(7-12-22)26(33)36-23-13-8-20(27)14-19(23)15-29-30-24(31)16-28-25(32)17-4-9-21(34-2)10-5-17/h4-15H,3,16H2,1-2H3,(H,28,32)(H,30,31)/b29-15+. The van der Waals surface area contributed by atoms with Gasteiger partial charge in [0.15, 0.2) is 0 Å². The Balaban J connectivity index is 1.57. The van der Waals surface area contributed by atoms with E-state index in [0.29, 0.717) is 34.8 Å². The average Bonchev–Trinajstić information content (AvgIpc) is 2.89. The van der Waals surface area contributed by atoms with E-state index in [1.807, 2.05) is 6.92 Å². The zero-order chi connectivity index (χ0) is 25.9. The van der Waals surface area contributed by atoms with E-state index in [2.05, 4.69) is 31.8 Å². The summed E-state index contributed by atoms with van der Waals surface area (Å²) in [6.45, 7) is 2.12. The van der Waals surface area contributed by atoms with Crippen LogP contribution in [0.3, 0.4) is 0 Å². The minimum atomic E-state index is -0.555. The Kier molecular flexibility index (Phi) is 9.58. The quantitative estimate of drug-likeness (QED) is 0.170. The summed E-state index contributed by atoms with van der Waals surface area (Å²) in [6.07, 6.45) is 1.34. The molecule has 0 spiro atoms. The molecule has 10 heteroatoms. The molecule has 0 saturated carbocycles. The van der Waals surface area contributed by atoms with Gasteiger partial charge in [-0.25, -0.2) is 10.2 Å². The summed E-state index contributed by atoms with van der Waals surface area (Å²) in [7, 11) is 1.53. The fourth-order valence-corrected chi connectivity index (χ4v) is 3.32. The molecule has 0 fully saturated rings. The average molecular weight is 554 g/mol. The number of methoxy groups -OCH3 is 1. The molecule has 0 aliphatic heterocycles. The number of carbonyl (C=O) groups excluding carboxylic acids is 3. The number of esters is 1. The normalized spacial score (nSPS) is 10.5. The van der Waals surface area contributed by atoms with Gasteiger partial charge < -0.3 is 19.5 Å². The maximum absolute atomic E-state index is 12.6. The molecule has 2 amide bonds. The lowest BCUT2D eigenvalue weighted by Gasteiger charge is -2.09. The maximum Gasteiger partial charge on any atom is 0.343 e. The van der Waals surface area contributed by atoms with Crippen LogP contribution in [0.2, 0.25) is 0 Å². The molecule has 0 bridgehead atoms. The Labute approximate surface area is 216 Å². The number of ether oxygens (including phenoxy) is 3. The smallest absolute Gasteiger partial charge is 0.343 e. The molecule has 0 heterocycles. The molecule has 9 nitrogen and oxygen atoms in total. The first-order chi connectivity index (χ1) is 17.4. The summed E-state index contributed by atoms with van der Waals surface area (Å²) in [5.74, 6) is 0.0312. The Hall–Kier alpha value is -4.18. The van der Waals surface area contributed by atoms with E-state index in [0.717, 1.165) is 4.47 Å². The number of hydrazone groups is 1. The third-order valence-electron chi connectivity index (χ3n) is 4.73. The van der Waals surface area contributed by atoms with Crippen molar-refractivity contribution in [3.63, 3.8) is 0 Å². The van der Waals surface area contributed by atoms with E-state index in [9.17, 15) is 14.4 Å². The molecule has 186 valence electrons. The van der Waals surface area contributed by atoms with Crippen LogP contribution in [0.15, 0.2) is 76.3 Å². The van der Waals surface area contributed by atoms with Gasteiger partial charge in [0, 0.05) is 15.6 Å². The van der Waals surface area contributed by atoms with E-state index < -0.39 is 17.8 Å². The molecule has 3 aromatic rings. The second-order valence-electron chi connectivity index (χ2n) is 7.23. The van der Waals surface area contributed by atoms with Crippen molar-refractivity contribution in [2.75, 3.05) is 20.3 Å². The van der Waals surface area contributed by atoms with E-state index in [4.69, 9.17) is 14.2 Å².